The predicted molar refractivity (Wildman–Crippen MR) is 264 cm³/mol. The monoisotopic (exact) mass is 936 g/mol. The van der Waals surface area contributed by atoms with Gasteiger partial charge < -0.3 is 28.5 Å². The molecule has 1 unspecified atom stereocenters. The number of carbonyl (C=O) groups is 2. The molecule has 0 bridgehead atoms. The first-order valence-electron chi connectivity index (χ1n) is 26.3. The lowest BCUT2D eigenvalue weighted by Gasteiger charge is -2.20. The molecule has 0 radical (unpaired) electrons. The van der Waals surface area contributed by atoms with Crippen molar-refractivity contribution in [1.29, 1.82) is 0 Å². The molecule has 2 aromatic heterocycles. The molecule has 2 heterocycles. The zero-order valence-electron chi connectivity index (χ0n) is 42.2. The van der Waals surface area contributed by atoms with Crippen LogP contribution in [-0.4, -0.2) is 56.3 Å². The van der Waals surface area contributed by atoms with Crippen molar-refractivity contribution in [2.75, 3.05) is 33.4 Å². The molecule has 12 heteroatoms. The minimum Gasteiger partial charge on any atom is -0.466 e. The normalized spacial score (nSPS) is 13.0. The summed E-state index contributed by atoms with van der Waals surface area (Å²) in [5.41, 5.74) is 3.99. The summed E-state index contributed by atoms with van der Waals surface area (Å²) in [5.74, 6) is 3.87. The maximum Gasteiger partial charge on any atom is 0.472 e. The van der Waals surface area contributed by atoms with Gasteiger partial charge in [-0.2, -0.15) is 0 Å². The number of rotatable bonds is 44. The average molecular weight is 936 g/mol. The summed E-state index contributed by atoms with van der Waals surface area (Å²) < 4.78 is 45.8. The van der Waals surface area contributed by atoms with Crippen LogP contribution in [0.3, 0.4) is 0 Å². The van der Waals surface area contributed by atoms with E-state index in [2.05, 4.69) is 46.0 Å². The van der Waals surface area contributed by atoms with Gasteiger partial charge in [-0.05, 0) is 89.1 Å². The van der Waals surface area contributed by atoms with Crippen molar-refractivity contribution >= 4 is 19.8 Å². The maximum atomic E-state index is 12.8. The lowest BCUT2D eigenvalue weighted by Crippen LogP contribution is -2.29. The van der Waals surface area contributed by atoms with Crippen molar-refractivity contribution in [3.8, 4) is 0 Å². The summed E-state index contributed by atoms with van der Waals surface area (Å²) in [5, 5.41) is 2.83. The Hall–Kier alpha value is -2.43. The molecule has 0 saturated carbocycles. The van der Waals surface area contributed by atoms with Crippen LogP contribution in [0.25, 0.3) is 0 Å². The van der Waals surface area contributed by atoms with Gasteiger partial charge >= 0.3 is 19.8 Å². The lowest BCUT2D eigenvalue weighted by atomic mass is 10.0. The van der Waals surface area contributed by atoms with E-state index in [0.717, 1.165) is 76.4 Å². The number of furan rings is 2. The fourth-order valence-electron chi connectivity index (χ4n) is 8.28. The predicted octanol–water partition coefficient (Wildman–Crippen LogP) is 14.4. The molecule has 0 amide bonds. The maximum absolute atomic E-state index is 12.8. The standard InChI is InChI=1S/C53H94NO10P/c1-7-9-27-33-47-41-44(3)49(62-47)34-29-23-19-15-11-13-17-21-25-31-37-52(55)59-42-48(43-61-65(57,58)60-40-39-54-6)63-53(56)38-32-26-22-18-14-12-16-20-24-30-36-51-46(5)45(4)50(64-51)35-28-10-8-2/h41,48,54H,7-40,42-43H2,1-6H3,(H,57,58)/t48-/m1/s1. The summed E-state index contributed by atoms with van der Waals surface area (Å²) >= 11 is 0. The van der Waals surface area contributed by atoms with Crippen LogP contribution in [0.5, 0.6) is 0 Å². The Balaban J connectivity index is 1.54. The number of hydrogen-bond donors (Lipinski definition) is 2. The Morgan fingerprint density at radius 3 is 1.54 bits per heavy atom. The molecule has 2 rings (SSSR count). The molecule has 2 N–H and O–H groups in total. The minimum atomic E-state index is -4.37. The first kappa shape index (κ1) is 58.7. The van der Waals surface area contributed by atoms with E-state index in [0.29, 0.717) is 13.0 Å². The Bertz CT molecular complexity index is 1550. The SMILES string of the molecule is CCCCCc1cc(C)c(CCCCCCCCCCCCC(=O)OC[C@H](COP(=O)(O)OCCNC)OC(=O)CCCCCCCCCCCCc2oc(CCCCC)c(C)c2C)o1. The second-order valence-electron chi connectivity index (χ2n) is 18.5. The molecular weight excluding hydrogens is 842 g/mol. The number of carbonyl (C=O) groups excluding carboxylic acids is 2. The van der Waals surface area contributed by atoms with Crippen molar-refractivity contribution < 1.29 is 46.4 Å². The number of esters is 2. The van der Waals surface area contributed by atoms with E-state index < -0.39 is 26.5 Å². The van der Waals surface area contributed by atoms with Gasteiger partial charge in [-0.25, -0.2) is 4.57 Å². The zero-order valence-corrected chi connectivity index (χ0v) is 43.1. The molecule has 0 aliphatic heterocycles. The number of hydrogen-bond acceptors (Lipinski definition) is 10. The number of nitrogens with one attached hydrogen (secondary N) is 1. The molecule has 0 aromatic carbocycles. The van der Waals surface area contributed by atoms with Gasteiger partial charge in [0.1, 0.15) is 29.6 Å². The van der Waals surface area contributed by atoms with Crippen molar-refractivity contribution in [2.45, 2.75) is 246 Å². The first-order chi connectivity index (χ1) is 31.5. The Kier molecular flexibility index (Phi) is 33.9. The topological polar surface area (TPSA) is 147 Å². The van der Waals surface area contributed by atoms with Crippen LogP contribution in [0.1, 0.15) is 233 Å². The van der Waals surface area contributed by atoms with Crippen LogP contribution >= 0.6 is 7.82 Å². The summed E-state index contributed by atoms with van der Waals surface area (Å²) in [7, 11) is -2.67. The Morgan fingerprint density at radius 2 is 1.03 bits per heavy atom. The summed E-state index contributed by atoms with van der Waals surface area (Å²) in [6.45, 7) is 10.7. The highest BCUT2D eigenvalue weighted by Gasteiger charge is 2.26. The minimum absolute atomic E-state index is 0.0252. The van der Waals surface area contributed by atoms with Gasteiger partial charge in [-0.15, -0.1) is 0 Å². The van der Waals surface area contributed by atoms with Gasteiger partial charge in [0.25, 0.3) is 0 Å². The summed E-state index contributed by atoms with van der Waals surface area (Å²) in [6.07, 6.45) is 33.4. The third-order valence-electron chi connectivity index (χ3n) is 12.6. The lowest BCUT2D eigenvalue weighted by molar-refractivity contribution is -0.161. The van der Waals surface area contributed by atoms with Crippen LogP contribution in [0.4, 0.5) is 0 Å². The largest absolute Gasteiger partial charge is 0.472 e. The fraction of sp³-hybridized carbons (Fsp3) is 0.811. The van der Waals surface area contributed by atoms with Crippen LogP contribution in [0, 0.1) is 20.8 Å². The fourth-order valence-corrected chi connectivity index (χ4v) is 9.03. The first-order valence-corrected chi connectivity index (χ1v) is 27.8. The van der Waals surface area contributed by atoms with Gasteiger partial charge in [-0.3, -0.25) is 18.6 Å². The molecule has 2 atom stereocenters. The quantitative estimate of drug-likeness (QED) is 0.0372. The van der Waals surface area contributed by atoms with E-state index in [1.165, 1.54) is 150 Å². The smallest absolute Gasteiger partial charge is 0.466 e. The number of phosphoric acid groups is 1. The molecule has 0 aliphatic rings. The third-order valence-corrected chi connectivity index (χ3v) is 13.6. The molecule has 0 fully saturated rings. The van der Waals surface area contributed by atoms with Gasteiger partial charge in [0.05, 0.1) is 13.2 Å². The number of aryl methyl sites for hydroxylation is 5. The van der Waals surface area contributed by atoms with Crippen LogP contribution in [0.15, 0.2) is 14.9 Å². The molecule has 0 saturated heterocycles. The summed E-state index contributed by atoms with van der Waals surface area (Å²) in [6, 6.07) is 2.23. The second kappa shape index (κ2) is 37.5. The van der Waals surface area contributed by atoms with E-state index in [-0.39, 0.29) is 32.0 Å². The zero-order chi connectivity index (χ0) is 47.4. The molecule has 65 heavy (non-hydrogen) atoms. The van der Waals surface area contributed by atoms with Gasteiger partial charge in [0.15, 0.2) is 6.10 Å². The number of ether oxygens (including phenoxy) is 2. The second-order valence-corrected chi connectivity index (χ2v) is 20.0. The Labute approximate surface area is 395 Å². The highest BCUT2D eigenvalue weighted by atomic mass is 31.2. The molecule has 11 nitrogen and oxygen atoms in total. The van der Waals surface area contributed by atoms with Crippen LogP contribution < -0.4 is 5.32 Å². The highest BCUT2D eigenvalue weighted by molar-refractivity contribution is 7.47. The van der Waals surface area contributed by atoms with Crippen molar-refractivity contribution in [3.05, 3.63) is 45.8 Å². The van der Waals surface area contributed by atoms with Crippen molar-refractivity contribution in [2.24, 2.45) is 0 Å². The molecule has 376 valence electrons. The third kappa shape index (κ3) is 29.2. The average Bonchev–Trinajstić information content (AvgIpc) is 3.77. The van der Waals surface area contributed by atoms with E-state index in [4.69, 9.17) is 27.4 Å². The summed E-state index contributed by atoms with van der Waals surface area (Å²) in [4.78, 5) is 35.4. The van der Waals surface area contributed by atoms with Gasteiger partial charge in [-0.1, -0.05) is 142 Å². The van der Waals surface area contributed by atoms with Crippen molar-refractivity contribution in [3.63, 3.8) is 0 Å². The molecular formula is C53H94NO10P. The Morgan fingerprint density at radius 1 is 0.585 bits per heavy atom. The number of likely N-dealkylation sites (N-methyl/N-ethyl adjacent to an activating group) is 1. The molecule has 2 aromatic rings. The number of unbranched alkanes of at least 4 members (excludes halogenated alkanes) is 22. The van der Waals surface area contributed by atoms with E-state index in [9.17, 15) is 19.0 Å². The van der Waals surface area contributed by atoms with Gasteiger partial charge in [0.2, 0.25) is 0 Å². The highest BCUT2D eigenvalue weighted by Crippen LogP contribution is 2.43. The van der Waals surface area contributed by atoms with E-state index >= 15 is 0 Å². The molecule has 0 spiro atoms. The van der Waals surface area contributed by atoms with Crippen LogP contribution in [0.2, 0.25) is 0 Å². The van der Waals surface area contributed by atoms with E-state index in [1.54, 1.807) is 7.05 Å². The van der Waals surface area contributed by atoms with E-state index in [1.807, 2.05) is 0 Å². The van der Waals surface area contributed by atoms with Crippen molar-refractivity contribution in [1.82, 2.24) is 5.32 Å². The number of phosphoric ester groups is 1. The van der Waals surface area contributed by atoms with Gasteiger partial charge in [0, 0.05) is 45.1 Å². The molecule has 0 aliphatic carbocycles. The van der Waals surface area contributed by atoms with Crippen LogP contribution in [-0.2, 0) is 58.4 Å².